The highest BCUT2D eigenvalue weighted by Crippen LogP contribution is 2.40. The Morgan fingerprint density at radius 2 is 1.93 bits per heavy atom. The number of aryl methyl sites for hydroxylation is 2. The van der Waals surface area contributed by atoms with Crippen LogP contribution in [-0.2, 0) is 13.0 Å². The number of methoxy groups -OCH3 is 1. The lowest BCUT2D eigenvalue weighted by molar-refractivity contribution is 0.408. The fourth-order valence-corrected chi connectivity index (χ4v) is 4.42. The zero-order chi connectivity index (χ0) is 19.4. The molecule has 2 aliphatic rings. The molecule has 1 aliphatic carbocycles. The summed E-state index contributed by atoms with van der Waals surface area (Å²) in [5, 5.41) is 0. The van der Waals surface area contributed by atoms with E-state index < -0.39 is 0 Å². The molecule has 0 unspecified atom stereocenters. The quantitative estimate of drug-likeness (QED) is 0.673. The highest BCUT2D eigenvalue weighted by atomic mass is 16.5. The summed E-state index contributed by atoms with van der Waals surface area (Å²) in [7, 11) is 1.62. The first-order valence-electron chi connectivity index (χ1n) is 9.95. The second-order valence-corrected chi connectivity index (χ2v) is 8.00. The van der Waals surface area contributed by atoms with Gasteiger partial charge in [0.25, 0.3) is 5.56 Å². The Kier molecular flexibility index (Phi) is 3.90. The van der Waals surface area contributed by atoms with Gasteiger partial charge in [-0.1, -0.05) is 12.1 Å². The molecule has 3 aromatic rings. The molecular formula is C24H24N2O2. The van der Waals surface area contributed by atoms with Crippen molar-refractivity contribution < 1.29 is 4.74 Å². The molecule has 0 saturated heterocycles. The normalized spacial score (nSPS) is 15.1. The Labute approximate surface area is 164 Å². The molecule has 4 heteroatoms. The fraction of sp³-hybridized carbons (Fsp3) is 0.333. The van der Waals surface area contributed by atoms with Crippen molar-refractivity contribution in [1.82, 2.24) is 9.55 Å². The molecule has 0 radical (unpaired) electrons. The first kappa shape index (κ1) is 17.2. The van der Waals surface area contributed by atoms with Gasteiger partial charge >= 0.3 is 0 Å². The summed E-state index contributed by atoms with van der Waals surface area (Å²) in [6, 6.07) is 10.5. The first-order valence-corrected chi connectivity index (χ1v) is 9.95. The second-order valence-electron chi connectivity index (χ2n) is 8.00. The van der Waals surface area contributed by atoms with Crippen molar-refractivity contribution >= 4 is 0 Å². The third kappa shape index (κ3) is 2.67. The zero-order valence-electron chi connectivity index (χ0n) is 16.6. The van der Waals surface area contributed by atoms with Gasteiger partial charge in [-0.05, 0) is 61.9 Å². The van der Waals surface area contributed by atoms with Crippen molar-refractivity contribution in [3.8, 4) is 28.1 Å². The number of rotatable bonds is 3. The van der Waals surface area contributed by atoms with Crippen molar-refractivity contribution in [2.24, 2.45) is 0 Å². The number of aromatic nitrogens is 2. The van der Waals surface area contributed by atoms with Gasteiger partial charge in [0.1, 0.15) is 5.75 Å². The largest absolute Gasteiger partial charge is 0.496 e. The van der Waals surface area contributed by atoms with Gasteiger partial charge in [0, 0.05) is 47.1 Å². The van der Waals surface area contributed by atoms with Crippen molar-refractivity contribution in [3.05, 3.63) is 69.3 Å². The summed E-state index contributed by atoms with van der Waals surface area (Å²) >= 11 is 0. The molecule has 3 heterocycles. The minimum atomic E-state index is 0.00435. The number of fused-ring (bicyclic) bond motifs is 3. The summed E-state index contributed by atoms with van der Waals surface area (Å²) < 4.78 is 7.32. The third-order valence-electron chi connectivity index (χ3n) is 6.14. The summed E-state index contributed by atoms with van der Waals surface area (Å²) in [5.41, 5.74) is 9.24. The van der Waals surface area contributed by atoms with Crippen LogP contribution in [0.5, 0.6) is 5.75 Å². The number of hydrogen-bond acceptors (Lipinski definition) is 3. The van der Waals surface area contributed by atoms with E-state index in [9.17, 15) is 4.79 Å². The summed E-state index contributed by atoms with van der Waals surface area (Å²) in [4.78, 5) is 17.2. The monoisotopic (exact) mass is 372 g/mol. The van der Waals surface area contributed by atoms with E-state index in [1.807, 2.05) is 17.7 Å². The lowest BCUT2D eigenvalue weighted by Gasteiger charge is -2.26. The van der Waals surface area contributed by atoms with Gasteiger partial charge in [-0.15, -0.1) is 0 Å². The van der Waals surface area contributed by atoms with Crippen LogP contribution in [0.1, 0.15) is 41.1 Å². The van der Waals surface area contributed by atoms with E-state index in [0.29, 0.717) is 18.2 Å². The van der Waals surface area contributed by atoms with E-state index in [1.165, 1.54) is 35.2 Å². The Morgan fingerprint density at radius 1 is 1.11 bits per heavy atom. The van der Waals surface area contributed by atoms with Gasteiger partial charge < -0.3 is 9.30 Å². The van der Waals surface area contributed by atoms with Crippen molar-refractivity contribution in [3.63, 3.8) is 0 Å². The van der Waals surface area contributed by atoms with Crippen LogP contribution in [0.4, 0.5) is 0 Å². The Morgan fingerprint density at radius 3 is 2.61 bits per heavy atom. The molecule has 28 heavy (non-hydrogen) atoms. The molecule has 0 spiro atoms. The topological polar surface area (TPSA) is 44.1 Å². The van der Waals surface area contributed by atoms with Crippen LogP contribution in [0.15, 0.2) is 41.3 Å². The van der Waals surface area contributed by atoms with Gasteiger partial charge in [0.05, 0.1) is 12.8 Å². The SMILES string of the molecule is COc1cc(=O)n2c(c1C)-c1cc(C)c(-c3ccc(C4CC4)nc3)cc1CC2. The van der Waals surface area contributed by atoms with Gasteiger partial charge in [-0.25, -0.2) is 0 Å². The molecule has 1 saturated carbocycles. The van der Waals surface area contributed by atoms with Crippen LogP contribution in [0.2, 0.25) is 0 Å². The highest BCUT2D eigenvalue weighted by Gasteiger charge is 2.25. The minimum absolute atomic E-state index is 0.00435. The van der Waals surface area contributed by atoms with Crippen LogP contribution >= 0.6 is 0 Å². The maximum absolute atomic E-state index is 12.5. The van der Waals surface area contributed by atoms with Crippen LogP contribution in [0.25, 0.3) is 22.4 Å². The van der Waals surface area contributed by atoms with Crippen molar-refractivity contribution in [2.45, 2.75) is 45.6 Å². The smallest absolute Gasteiger partial charge is 0.254 e. The number of hydrogen-bond donors (Lipinski definition) is 0. The maximum Gasteiger partial charge on any atom is 0.254 e. The highest BCUT2D eigenvalue weighted by molar-refractivity contribution is 5.78. The summed E-state index contributed by atoms with van der Waals surface area (Å²) in [5.74, 6) is 1.33. The molecule has 2 aromatic heterocycles. The molecule has 0 bridgehead atoms. The Hall–Kier alpha value is -2.88. The predicted molar refractivity (Wildman–Crippen MR) is 111 cm³/mol. The Bertz CT molecular complexity index is 1140. The Balaban J connectivity index is 1.64. The molecule has 1 fully saturated rings. The van der Waals surface area contributed by atoms with Gasteiger partial charge in [0.2, 0.25) is 0 Å². The molecule has 0 amide bonds. The molecule has 0 N–H and O–H groups in total. The number of ether oxygens (including phenoxy) is 1. The molecular weight excluding hydrogens is 348 g/mol. The van der Waals surface area contributed by atoms with E-state index in [1.54, 1.807) is 13.2 Å². The maximum atomic E-state index is 12.5. The average Bonchev–Trinajstić information content (AvgIpc) is 3.55. The first-order chi connectivity index (χ1) is 13.6. The zero-order valence-corrected chi connectivity index (χ0v) is 16.6. The standard InChI is InChI=1S/C24H24N2O2/c1-14-10-20-17(8-9-26-23(27)12-22(28-3)15(2)24(20)26)11-19(14)18-6-7-21(25-13-18)16-4-5-16/h6-7,10-13,16H,4-5,8-9H2,1-3H3. The molecule has 4 nitrogen and oxygen atoms in total. The van der Waals surface area contributed by atoms with Crippen LogP contribution in [-0.4, -0.2) is 16.7 Å². The molecule has 1 aliphatic heterocycles. The molecule has 0 atom stereocenters. The summed E-state index contributed by atoms with van der Waals surface area (Å²) in [6.07, 6.45) is 5.41. The van der Waals surface area contributed by atoms with E-state index in [4.69, 9.17) is 9.72 Å². The van der Waals surface area contributed by atoms with Crippen molar-refractivity contribution in [2.75, 3.05) is 7.11 Å². The molecule has 5 rings (SSSR count). The van der Waals surface area contributed by atoms with Crippen LogP contribution in [0.3, 0.4) is 0 Å². The fourth-order valence-electron chi connectivity index (χ4n) is 4.42. The lowest BCUT2D eigenvalue weighted by atomic mass is 9.88. The summed E-state index contributed by atoms with van der Waals surface area (Å²) in [6.45, 7) is 4.87. The number of pyridine rings is 2. The van der Waals surface area contributed by atoms with E-state index >= 15 is 0 Å². The van der Waals surface area contributed by atoms with E-state index in [0.717, 1.165) is 28.8 Å². The molecule has 1 aromatic carbocycles. The molecule has 142 valence electrons. The van der Waals surface area contributed by atoms with Gasteiger partial charge in [-0.2, -0.15) is 0 Å². The van der Waals surface area contributed by atoms with E-state index in [-0.39, 0.29) is 5.56 Å². The third-order valence-corrected chi connectivity index (χ3v) is 6.14. The predicted octanol–water partition coefficient (Wildman–Crippen LogP) is 4.64. The van der Waals surface area contributed by atoms with Crippen LogP contribution < -0.4 is 10.3 Å². The van der Waals surface area contributed by atoms with Gasteiger partial charge in [0.15, 0.2) is 0 Å². The van der Waals surface area contributed by atoms with Gasteiger partial charge in [-0.3, -0.25) is 9.78 Å². The number of benzene rings is 1. The lowest BCUT2D eigenvalue weighted by Crippen LogP contribution is -2.27. The minimum Gasteiger partial charge on any atom is -0.496 e. The second kappa shape index (κ2) is 6.33. The van der Waals surface area contributed by atoms with Crippen molar-refractivity contribution in [1.29, 1.82) is 0 Å². The number of nitrogens with zero attached hydrogens (tertiary/aromatic N) is 2. The van der Waals surface area contributed by atoms with Crippen LogP contribution in [0, 0.1) is 13.8 Å². The average molecular weight is 372 g/mol. The van der Waals surface area contributed by atoms with E-state index in [2.05, 4.69) is 31.2 Å².